The largest absolute Gasteiger partial charge is 0.496 e. The van der Waals surface area contributed by atoms with Gasteiger partial charge in [0.2, 0.25) is 0 Å². The molecule has 4 aromatic rings. The van der Waals surface area contributed by atoms with E-state index >= 15 is 0 Å². The number of aromatic nitrogens is 1. The third-order valence-corrected chi connectivity index (χ3v) is 4.60. The van der Waals surface area contributed by atoms with E-state index in [9.17, 15) is 0 Å². The molecule has 0 fully saturated rings. The van der Waals surface area contributed by atoms with E-state index < -0.39 is 0 Å². The second kappa shape index (κ2) is 8.05. The number of methoxy groups -OCH3 is 1. The van der Waals surface area contributed by atoms with Crippen molar-refractivity contribution in [3.8, 4) is 5.75 Å². The molecule has 0 spiro atoms. The maximum absolute atomic E-state index is 5.60. The molecule has 0 atom stereocenters. The number of para-hydroxylation sites is 1. The molecule has 0 unspecified atom stereocenters. The summed E-state index contributed by atoms with van der Waals surface area (Å²) < 4.78 is 11.0. The van der Waals surface area contributed by atoms with Gasteiger partial charge in [-0.1, -0.05) is 18.2 Å². The summed E-state index contributed by atoms with van der Waals surface area (Å²) in [5, 5.41) is 7.85. The normalized spacial score (nSPS) is 10.8. The molecule has 0 saturated heterocycles. The average Bonchev–Trinajstić information content (AvgIpc) is 3.16. The standard InChI is InChI=1S/C23H23N3O2/c1-16-7-10-20(28-16)15-24-19-9-11-21-17(13-19)8-12-23(26-21)25-14-18-5-3-4-6-22(18)27-2/h3-13,24H,14-15H2,1-2H3,(H,25,26). The minimum absolute atomic E-state index is 0.657. The Kier molecular flexibility index (Phi) is 5.15. The number of rotatable bonds is 7. The number of hydrogen-bond donors (Lipinski definition) is 2. The molecule has 0 aliphatic rings. The number of nitrogens with one attached hydrogen (secondary N) is 2. The number of ether oxygens (including phenoxy) is 1. The summed E-state index contributed by atoms with van der Waals surface area (Å²) in [6, 6.07) is 22.2. The molecule has 2 N–H and O–H groups in total. The molecule has 142 valence electrons. The van der Waals surface area contributed by atoms with Gasteiger partial charge in [-0.15, -0.1) is 0 Å². The third-order valence-electron chi connectivity index (χ3n) is 4.60. The van der Waals surface area contributed by atoms with Crippen LogP contribution in [0.5, 0.6) is 5.75 Å². The molecule has 0 amide bonds. The first-order valence-corrected chi connectivity index (χ1v) is 9.27. The van der Waals surface area contributed by atoms with Gasteiger partial charge in [-0.25, -0.2) is 4.98 Å². The second-order valence-electron chi connectivity index (χ2n) is 6.64. The Bertz CT molecular complexity index is 1090. The Morgan fingerprint density at radius 2 is 1.82 bits per heavy atom. The summed E-state index contributed by atoms with van der Waals surface area (Å²) >= 11 is 0. The van der Waals surface area contributed by atoms with Crippen molar-refractivity contribution < 1.29 is 9.15 Å². The van der Waals surface area contributed by atoms with Crippen molar-refractivity contribution in [3.63, 3.8) is 0 Å². The van der Waals surface area contributed by atoms with Crippen LogP contribution in [-0.4, -0.2) is 12.1 Å². The molecule has 4 rings (SSSR count). The molecule has 0 radical (unpaired) electrons. The molecular formula is C23H23N3O2. The molecule has 28 heavy (non-hydrogen) atoms. The van der Waals surface area contributed by atoms with Gasteiger partial charge in [0.25, 0.3) is 0 Å². The lowest BCUT2D eigenvalue weighted by atomic mass is 10.2. The predicted molar refractivity (Wildman–Crippen MR) is 113 cm³/mol. The van der Waals surface area contributed by atoms with Gasteiger partial charge in [-0.05, 0) is 55.5 Å². The summed E-state index contributed by atoms with van der Waals surface area (Å²) in [5.74, 6) is 3.56. The molecule has 2 aromatic carbocycles. The SMILES string of the molecule is COc1ccccc1CNc1ccc2cc(NCc3ccc(C)o3)ccc2n1. The van der Waals surface area contributed by atoms with E-state index in [4.69, 9.17) is 14.1 Å². The number of aryl methyl sites for hydroxylation is 1. The van der Waals surface area contributed by atoms with Gasteiger partial charge < -0.3 is 19.8 Å². The summed E-state index contributed by atoms with van der Waals surface area (Å²) in [4.78, 5) is 4.71. The van der Waals surface area contributed by atoms with Gasteiger partial charge in [-0.2, -0.15) is 0 Å². The van der Waals surface area contributed by atoms with Crippen LogP contribution in [0.1, 0.15) is 17.1 Å². The Morgan fingerprint density at radius 3 is 2.64 bits per heavy atom. The van der Waals surface area contributed by atoms with E-state index in [0.29, 0.717) is 13.1 Å². The van der Waals surface area contributed by atoms with Crippen LogP contribution < -0.4 is 15.4 Å². The predicted octanol–water partition coefficient (Wildman–Crippen LogP) is 5.37. The van der Waals surface area contributed by atoms with Crippen LogP contribution in [0, 0.1) is 6.92 Å². The molecule has 0 aliphatic heterocycles. The number of anilines is 2. The fourth-order valence-corrected chi connectivity index (χ4v) is 3.14. The van der Waals surface area contributed by atoms with Gasteiger partial charge in [0.05, 0.1) is 19.2 Å². The van der Waals surface area contributed by atoms with Gasteiger partial charge in [0.1, 0.15) is 23.1 Å². The van der Waals surface area contributed by atoms with Crippen molar-refractivity contribution in [2.24, 2.45) is 0 Å². The molecule has 0 aliphatic carbocycles. The first kappa shape index (κ1) is 17.9. The van der Waals surface area contributed by atoms with Crippen LogP contribution in [0.2, 0.25) is 0 Å². The van der Waals surface area contributed by atoms with Crippen molar-refractivity contribution in [3.05, 3.63) is 83.8 Å². The van der Waals surface area contributed by atoms with Crippen molar-refractivity contribution >= 4 is 22.4 Å². The molecular weight excluding hydrogens is 350 g/mol. The highest BCUT2D eigenvalue weighted by atomic mass is 16.5. The lowest BCUT2D eigenvalue weighted by Crippen LogP contribution is -2.03. The number of hydrogen-bond acceptors (Lipinski definition) is 5. The average molecular weight is 373 g/mol. The molecule has 5 nitrogen and oxygen atoms in total. The van der Waals surface area contributed by atoms with Gasteiger partial charge in [0.15, 0.2) is 0 Å². The van der Waals surface area contributed by atoms with Crippen LogP contribution in [-0.2, 0) is 13.1 Å². The lowest BCUT2D eigenvalue weighted by Gasteiger charge is -2.11. The monoisotopic (exact) mass is 373 g/mol. The Labute approximate surface area is 164 Å². The van der Waals surface area contributed by atoms with E-state index in [1.165, 1.54) is 0 Å². The first-order valence-electron chi connectivity index (χ1n) is 9.27. The maximum atomic E-state index is 5.60. The van der Waals surface area contributed by atoms with E-state index in [1.807, 2.05) is 61.5 Å². The minimum atomic E-state index is 0.657. The van der Waals surface area contributed by atoms with Gasteiger partial charge >= 0.3 is 0 Å². The zero-order valence-corrected chi connectivity index (χ0v) is 16.0. The van der Waals surface area contributed by atoms with E-state index in [2.05, 4.69) is 22.8 Å². The summed E-state index contributed by atoms with van der Waals surface area (Å²) in [6.45, 7) is 3.26. The van der Waals surface area contributed by atoms with E-state index in [-0.39, 0.29) is 0 Å². The molecule has 2 aromatic heterocycles. The molecule has 5 heteroatoms. The summed E-state index contributed by atoms with van der Waals surface area (Å²) in [7, 11) is 1.69. The Balaban J connectivity index is 1.44. The second-order valence-corrected chi connectivity index (χ2v) is 6.64. The first-order chi connectivity index (χ1) is 13.7. The number of benzene rings is 2. The van der Waals surface area contributed by atoms with E-state index in [0.717, 1.165) is 45.2 Å². The Morgan fingerprint density at radius 1 is 0.929 bits per heavy atom. The third kappa shape index (κ3) is 4.09. The van der Waals surface area contributed by atoms with Crippen LogP contribution in [0.15, 0.2) is 71.1 Å². The van der Waals surface area contributed by atoms with Crippen molar-refractivity contribution in [1.82, 2.24) is 4.98 Å². The number of fused-ring (bicyclic) bond motifs is 1. The Hall–Kier alpha value is -3.47. The fraction of sp³-hybridized carbons (Fsp3) is 0.174. The van der Waals surface area contributed by atoms with Crippen LogP contribution in [0.25, 0.3) is 10.9 Å². The highest BCUT2D eigenvalue weighted by Crippen LogP contribution is 2.22. The van der Waals surface area contributed by atoms with Gasteiger partial charge in [-0.3, -0.25) is 0 Å². The molecule has 2 heterocycles. The molecule has 0 bridgehead atoms. The quantitative estimate of drug-likeness (QED) is 0.456. The highest BCUT2D eigenvalue weighted by molar-refractivity contribution is 5.83. The topological polar surface area (TPSA) is 59.3 Å². The van der Waals surface area contributed by atoms with Crippen LogP contribution >= 0.6 is 0 Å². The van der Waals surface area contributed by atoms with Crippen LogP contribution in [0.3, 0.4) is 0 Å². The number of pyridine rings is 1. The number of nitrogens with zero attached hydrogens (tertiary/aromatic N) is 1. The number of furan rings is 1. The zero-order chi connectivity index (χ0) is 19.3. The fourth-order valence-electron chi connectivity index (χ4n) is 3.14. The lowest BCUT2D eigenvalue weighted by molar-refractivity contribution is 0.410. The maximum Gasteiger partial charge on any atom is 0.126 e. The van der Waals surface area contributed by atoms with Crippen molar-refractivity contribution in [2.45, 2.75) is 20.0 Å². The zero-order valence-electron chi connectivity index (χ0n) is 16.0. The minimum Gasteiger partial charge on any atom is -0.496 e. The molecule has 0 saturated carbocycles. The van der Waals surface area contributed by atoms with Crippen molar-refractivity contribution in [2.75, 3.05) is 17.7 Å². The van der Waals surface area contributed by atoms with Crippen LogP contribution in [0.4, 0.5) is 11.5 Å². The smallest absolute Gasteiger partial charge is 0.126 e. The summed E-state index contributed by atoms with van der Waals surface area (Å²) in [5.41, 5.74) is 3.09. The van der Waals surface area contributed by atoms with Gasteiger partial charge in [0, 0.05) is 23.2 Å². The van der Waals surface area contributed by atoms with E-state index in [1.54, 1.807) is 7.11 Å². The highest BCUT2D eigenvalue weighted by Gasteiger charge is 2.04. The van der Waals surface area contributed by atoms with Crippen molar-refractivity contribution in [1.29, 1.82) is 0 Å². The summed E-state index contributed by atoms with van der Waals surface area (Å²) in [6.07, 6.45) is 0.